The average molecular weight is 510 g/mol. The van der Waals surface area contributed by atoms with Crippen molar-refractivity contribution in [1.82, 2.24) is 0 Å². The smallest absolute Gasteiger partial charge is 0.415 e. The first-order valence-corrected chi connectivity index (χ1v) is 12.8. The van der Waals surface area contributed by atoms with E-state index in [0.29, 0.717) is 16.3 Å². The molecule has 0 spiro atoms. The fourth-order valence-electron chi connectivity index (χ4n) is 4.52. The van der Waals surface area contributed by atoms with Crippen molar-refractivity contribution in [3.05, 3.63) is 71.3 Å². The van der Waals surface area contributed by atoms with Gasteiger partial charge in [0.05, 0.1) is 16.3 Å². The number of hydrogen-bond donors (Lipinski definition) is 1. The van der Waals surface area contributed by atoms with E-state index in [4.69, 9.17) is 21.1 Å². The van der Waals surface area contributed by atoms with E-state index in [1.807, 2.05) is 0 Å². The third kappa shape index (κ3) is 3.89. The van der Waals surface area contributed by atoms with Crippen LogP contribution in [0.25, 0.3) is 0 Å². The second kappa shape index (κ2) is 8.44. The minimum Gasteiger partial charge on any atom is -0.448 e. The van der Waals surface area contributed by atoms with Gasteiger partial charge in [-0.15, -0.1) is 0 Å². The number of aliphatic hydroxyl groups is 1. The van der Waals surface area contributed by atoms with Gasteiger partial charge in [0, 0.05) is 10.6 Å². The lowest BCUT2D eigenvalue weighted by atomic mass is 9.75. The molecule has 35 heavy (non-hydrogen) atoms. The van der Waals surface area contributed by atoms with Gasteiger partial charge >= 0.3 is 6.09 Å². The van der Waals surface area contributed by atoms with Gasteiger partial charge in [-0.25, -0.2) is 13.2 Å². The molecule has 2 aliphatic heterocycles. The van der Waals surface area contributed by atoms with Crippen LogP contribution in [0.1, 0.15) is 12.5 Å². The SMILES string of the molecule is C[C@]1(O)C#C/C=C\C#C[C@@H]2[C@H]3O[C@@]31c1ccccc1N2C(=O)OCCS(=O)(=O)c1ccc(Cl)cc1. The van der Waals surface area contributed by atoms with Crippen molar-refractivity contribution in [3.63, 3.8) is 0 Å². The Hall–Kier alpha value is -3.27. The first kappa shape index (κ1) is 23.5. The summed E-state index contributed by atoms with van der Waals surface area (Å²) in [6.07, 6.45) is 1.64. The van der Waals surface area contributed by atoms with Crippen LogP contribution >= 0.6 is 11.6 Å². The minimum absolute atomic E-state index is 0.0887. The number of fused-ring (bicyclic) bond motifs is 1. The molecule has 1 N–H and O–H groups in total. The summed E-state index contributed by atoms with van der Waals surface area (Å²) in [5.41, 5.74) is -1.66. The fourth-order valence-corrected chi connectivity index (χ4v) is 5.73. The highest BCUT2D eigenvalue weighted by Gasteiger charge is 2.74. The molecule has 7 nitrogen and oxygen atoms in total. The molecule has 5 rings (SSSR count). The average Bonchev–Trinajstić information content (AvgIpc) is 3.59. The van der Waals surface area contributed by atoms with E-state index in [1.165, 1.54) is 41.3 Å². The number of rotatable bonds is 4. The highest BCUT2D eigenvalue weighted by atomic mass is 35.5. The van der Waals surface area contributed by atoms with Gasteiger partial charge in [0.25, 0.3) is 0 Å². The zero-order chi connectivity index (χ0) is 24.8. The van der Waals surface area contributed by atoms with Gasteiger partial charge in [-0.05, 0) is 49.4 Å². The number of halogens is 1. The molecule has 0 radical (unpaired) electrons. The molecular weight excluding hydrogens is 490 g/mol. The molecule has 1 fully saturated rings. The van der Waals surface area contributed by atoms with Gasteiger partial charge in [0.1, 0.15) is 18.8 Å². The highest BCUT2D eigenvalue weighted by molar-refractivity contribution is 7.91. The number of anilines is 1. The lowest BCUT2D eigenvalue weighted by Crippen LogP contribution is -2.54. The van der Waals surface area contributed by atoms with Crippen molar-refractivity contribution in [3.8, 4) is 23.7 Å². The molecule has 2 aromatic rings. The normalized spacial score (nSPS) is 28.7. The molecular formula is C26H20ClNO6S. The number of carbonyl (C=O) groups is 1. The molecule has 0 aromatic heterocycles. The molecule has 1 saturated heterocycles. The molecule has 1 aliphatic carbocycles. The number of ether oxygens (including phenoxy) is 2. The Labute approximate surface area is 208 Å². The van der Waals surface area contributed by atoms with Gasteiger partial charge in [-0.1, -0.05) is 53.5 Å². The van der Waals surface area contributed by atoms with E-state index < -0.39 is 45.0 Å². The van der Waals surface area contributed by atoms with E-state index in [9.17, 15) is 18.3 Å². The fraction of sp³-hybridized carbons (Fsp3) is 0.269. The number of sulfone groups is 1. The maximum Gasteiger partial charge on any atom is 0.415 e. The van der Waals surface area contributed by atoms with Crippen LogP contribution < -0.4 is 4.90 Å². The topological polar surface area (TPSA) is 96.4 Å². The summed E-state index contributed by atoms with van der Waals surface area (Å²) >= 11 is 5.83. The third-order valence-corrected chi connectivity index (χ3v) is 8.20. The van der Waals surface area contributed by atoms with Crippen molar-refractivity contribution in [2.75, 3.05) is 17.3 Å². The van der Waals surface area contributed by atoms with E-state index >= 15 is 0 Å². The number of nitrogens with zero attached hydrogens (tertiary/aromatic N) is 1. The molecule has 2 bridgehead atoms. The van der Waals surface area contributed by atoms with E-state index in [1.54, 1.807) is 31.2 Å². The molecule has 3 aliphatic rings. The minimum atomic E-state index is -3.68. The van der Waals surface area contributed by atoms with Crippen LogP contribution in [0.3, 0.4) is 0 Å². The Morgan fingerprint density at radius 1 is 1.17 bits per heavy atom. The summed E-state index contributed by atoms with van der Waals surface area (Å²) < 4.78 is 36.7. The Morgan fingerprint density at radius 2 is 1.89 bits per heavy atom. The van der Waals surface area contributed by atoms with Crippen LogP contribution in [0.5, 0.6) is 0 Å². The maximum absolute atomic E-state index is 13.3. The van der Waals surface area contributed by atoms with Crippen LogP contribution in [-0.2, 0) is 24.9 Å². The van der Waals surface area contributed by atoms with Crippen LogP contribution in [0.2, 0.25) is 5.02 Å². The van der Waals surface area contributed by atoms with E-state index in [0.717, 1.165) is 0 Å². The predicted molar refractivity (Wildman–Crippen MR) is 129 cm³/mol. The van der Waals surface area contributed by atoms with Gasteiger partial charge in [-0.3, -0.25) is 4.90 Å². The number of allylic oxidation sites excluding steroid dienone is 2. The third-order valence-electron chi connectivity index (χ3n) is 6.25. The summed E-state index contributed by atoms with van der Waals surface area (Å²) in [5.74, 6) is 11.1. The Morgan fingerprint density at radius 3 is 2.66 bits per heavy atom. The first-order chi connectivity index (χ1) is 16.7. The predicted octanol–water partition coefficient (Wildman–Crippen LogP) is 3.06. The van der Waals surface area contributed by atoms with Crippen molar-refractivity contribution in [1.29, 1.82) is 0 Å². The maximum atomic E-state index is 13.3. The standard InChI is InChI=1S/C26H20ClNO6S/c1-25(30)15-7-3-2-4-10-22-23-26(25,34-23)20-8-5-6-9-21(20)28(22)24(29)33-16-17-35(31,32)19-13-11-18(27)12-14-19/h2-3,5-6,8-9,11-14,22-23,30H,16-17H2,1H3/b3-2-/t22-,23-,25+,26+/m1/s1. The highest BCUT2D eigenvalue weighted by Crippen LogP contribution is 2.61. The first-order valence-electron chi connectivity index (χ1n) is 10.8. The van der Waals surface area contributed by atoms with Crippen LogP contribution in [-0.4, -0.2) is 49.7 Å². The summed E-state index contributed by atoms with van der Waals surface area (Å²) in [4.78, 5) is 14.7. The molecule has 9 heteroatoms. The van der Waals surface area contributed by atoms with Crippen molar-refractivity contribution < 1.29 is 27.8 Å². The second-order valence-corrected chi connectivity index (χ2v) is 11.0. The van der Waals surface area contributed by atoms with Gasteiger partial charge in [0.2, 0.25) is 0 Å². The van der Waals surface area contributed by atoms with Crippen LogP contribution in [0.15, 0.2) is 65.6 Å². The molecule has 4 atom stereocenters. The number of amides is 1. The largest absolute Gasteiger partial charge is 0.448 e. The summed E-state index contributed by atoms with van der Waals surface area (Å²) in [6, 6.07) is 12.0. The molecule has 1 amide bonds. The zero-order valence-electron chi connectivity index (χ0n) is 18.6. The van der Waals surface area contributed by atoms with Gasteiger partial charge in [0.15, 0.2) is 21.0 Å². The van der Waals surface area contributed by atoms with E-state index in [-0.39, 0.29) is 11.5 Å². The summed E-state index contributed by atoms with van der Waals surface area (Å²) in [5, 5.41) is 11.7. The number of para-hydroxylation sites is 1. The number of epoxide rings is 1. The van der Waals surface area contributed by atoms with Crippen molar-refractivity contribution >= 4 is 33.2 Å². The van der Waals surface area contributed by atoms with Crippen molar-refractivity contribution in [2.45, 2.75) is 35.2 Å². The lowest BCUT2D eigenvalue weighted by molar-refractivity contribution is 0.0264. The summed E-state index contributed by atoms with van der Waals surface area (Å²) in [7, 11) is -3.68. The molecule has 0 saturated carbocycles. The molecule has 178 valence electrons. The van der Waals surface area contributed by atoms with Crippen molar-refractivity contribution in [2.24, 2.45) is 0 Å². The zero-order valence-corrected chi connectivity index (χ0v) is 20.1. The molecule has 2 heterocycles. The van der Waals surface area contributed by atoms with Gasteiger partial charge in [-0.2, -0.15) is 0 Å². The lowest BCUT2D eigenvalue weighted by Gasteiger charge is -2.38. The molecule has 2 aromatic carbocycles. The summed E-state index contributed by atoms with van der Waals surface area (Å²) in [6.45, 7) is 1.22. The quantitative estimate of drug-likeness (QED) is 0.502. The Kier molecular flexibility index (Phi) is 5.66. The van der Waals surface area contributed by atoms with Crippen LogP contribution in [0.4, 0.5) is 10.5 Å². The van der Waals surface area contributed by atoms with Crippen LogP contribution in [0, 0.1) is 23.7 Å². The van der Waals surface area contributed by atoms with Gasteiger partial charge < -0.3 is 14.6 Å². The number of benzene rings is 2. The van der Waals surface area contributed by atoms with E-state index in [2.05, 4.69) is 23.7 Å². The Bertz CT molecular complexity index is 1460. The number of carbonyl (C=O) groups excluding carboxylic acids is 1. The Balaban J connectivity index is 1.43. The molecule has 0 unspecified atom stereocenters. The number of hydrogen-bond acceptors (Lipinski definition) is 6. The monoisotopic (exact) mass is 509 g/mol. The second-order valence-electron chi connectivity index (χ2n) is 8.46.